The van der Waals surface area contributed by atoms with Gasteiger partial charge in [-0.3, -0.25) is 4.98 Å². The van der Waals surface area contributed by atoms with E-state index in [2.05, 4.69) is 16.8 Å². The number of urea groups is 1. The van der Waals surface area contributed by atoms with Crippen molar-refractivity contribution in [2.75, 3.05) is 32.8 Å². The van der Waals surface area contributed by atoms with E-state index in [1.807, 2.05) is 23.4 Å². The van der Waals surface area contributed by atoms with E-state index >= 15 is 0 Å². The second-order valence-corrected chi connectivity index (χ2v) is 8.10. The van der Waals surface area contributed by atoms with Crippen LogP contribution in [0, 0.1) is 18.3 Å². The van der Waals surface area contributed by atoms with Gasteiger partial charge in [0.05, 0.1) is 13.2 Å². The van der Waals surface area contributed by atoms with Crippen LogP contribution in [0.2, 0.25) is 0 Å². The lowest BCUT2D eigenvalue weighted by molar-refractivity contribution is 0.0273. The molecule has 0 radical (unpaired) electrons. The Bertz CT molecular complexity index is 629. The summed E-state index contributed by atoms with van der Waals surface area (Å²) in [6, 6.07) is 2.29. The number of amides is 2. The predicted octanol–water partition coefficient (Wildman–Crippen LogP) is 3.22. The average Bonchev–Trinajstić information content (AvgIpc) is 3.31. The average molecular weight is 343 g/mol. The Morgan fingerprint density at radius 3 is 2.96 bits per heavy atom. The first-order valence-electron chi connectivity index (χ1n) is 9.69. The second-order valence-electron chi connectivity index (χ2n) is 8.10. The van der Waals surface area contributed by atoms with Gasteiger partial charge >= 0.3 is 6.03 Å². The molecule has 25 heavy (non-hydrogen) atoms. The van der Waals surface area contributed by atoms with Crippen LogP contribution in [0.5, 0.6) is 0 Å². The predicted molar refractivity (Wildman–Crippen MR) is 96.2 cm³/mol. The Hall–Kier alpha value is -1.62. The smallest absolute Gasteiger partial charge is 0.320 e. The van der Waals surface area contributed by atoms with E-state index in [9.17, 15) is 4.79 Å². The number of nitrogens with zero attached hydrogens (tertiary/aromatic N) is 3. The molecule has 5 nitrogen and oxygen atoms in total. The molecule has 3 fully saturated rings. The van der Waals surface area contributed by atoms with Crippen LogP contribution in [0.3, 0.4) is 0 Å². The fraction of sp³-hybridized carbons (Fsp3) is 0.700. The number of pyridine rings is 1. The first-order valence-corrected chi connectivity index (χ1v) is 9.69. The summed E-state index contributed by atoms with van der Waals surface area (Å²) in [4.78, 5) is 21.1. The highest BCUT2D eigenvalue weighted by molar-refractivity contribution is 5.75. The molecule has 136 valence electrons. The van der Waals surface area contributed by atoms with E-state index in [0.29, 0.717) is 12.5 Å². The Labute approximate surface area is 150 Å². The molecule has 5 heteroatoms. The van der Waals surface area contributed by atoms with Crippen LogP contribution in [0.4, 0.5) is 4.79 Å². The number of fused-ring (bicyclic) bond motifs is 1. The van der Waals surface area contributed by atoms with Gasteiger partial charge in [0.15, 0.2) is 0 Å². The van der Waals surface area contributed by atoms with Gasteiger partial charge in [0, 0.05) is 44.0 Å². The van der Waals surface area contributed by atoms with Crippen molar-refractivity contribution in [3.8, 4) is 0 Å². The van der Waals surface area contributed by atoms with Crippen LogP contribution in [-0.2, 0) is 11.3 Å². The molecule has 0 bridgehead atoms. The standard InChI is InChI=1S/C20H29N3O2/c1-16-6-8-21-11-17(16)13-25-15-20-7-4-5-18(20)12-23(14-20)19(24)22-9-2-3-10-22/h6,8,11,18H,2-5,7,9-10,12-15H2,1H3/t18-,20+/m1/s1. The third-order valence-corrected chi connectivity index (χ3v) is 6.48. The topological polar surface area (TPSA) is 45.7 Å². The molecule has 1 aromatic rings. The minimum absolute atomic E-state index is 0.172. The van der Waals surface area contributed by atoms with Gasteiger partial charge in [-0.25, -0.2) is 4.79 Å². The lowest BCUT2D eigenvalue weighted by Crippen LogP contribution is -2.42. The maximum Gasteiger partial charge on any atom is 0.320 e. The van der Waals surface area contributed by atoms with Gasteiger partial charge in [0.1, 0.15) is 0 Å². The molecule has 3 heterocycles. The third-order valence-electron chi connectivity index (χ3n) is 6.48. The molecule has 0 unspecified atom stereocenters. The zero-order valence-corrected chi connectivity index (χ0v) is 15.2. The number of likely N-dealkylation sites (tertiary alicyclic amines) is 2. The van der Waals surface area contributed by atoms with Crippen molar-refractivity contribution < 1.29 is 9.53 Å². The number of hydrogen-bond acceptors (Lipinski definition) is 3. The molecule has 2 aliphatic heterocycles. The maximum atomic E-state index is 12.8. The van der Waals surface area contributed by atoms with Gasteiger partial charge < -0.3 is 14.5 Å². The normalized spacial score (nSPS) is 28.6. The Kier molecular flexibility index (Phi) is 4.67. The van der Waals surface area contributed by atoms with E-state index in [4.69, 9.17) is 4.74 Å². The monoisotopic (exact) mass is 343 g/mol. The molecule has 0 spiro atoms. The SMILES string of the molecule is Cc1ccncc1COC[C@@]12CCC[C@@H]1CN(C(=O)N1CCCC1)C2. The molecule has 2 saturated heterocycles. The third kappa shape index (κ3) is 3.26. The van der Waals surface area contributed by atoms with Crippen molar-refractivity contribution in [2.24, 2.45) is 11.3 Å². The lowest BCUT2D eigenvalue weighted by atomic mass is 9.81. The maximum absolute atomic E-state index is 12.8. The highest BCUT2D eigenvalue weighted by Gasteiger charge is 2.51. The number of carbonyl (C=O) groups excluding carboxylic acids is 1. The van der Waals surface area contributed by atoms with Gasteiger partial charge in [0.2, 0.25) is 0 Å². The van der Waals surface area contributed by atoms with E-state index in [0.717, 1.165) is 51.2 Å². The summed E-state index contributed by atoms with van der Waals surface area (Å²) in [5, 5.41) is 0. The van der Waals surface area contributed by atoms with E-state index in [1.165, 1.54) is 24.8 Å². The molecular weight excluding hydrogens is 314 g/mol. The molecule has 1 aromatic heterocycles. The van der Waals surface area contributed by atoms with Crippen molar-refractivity contribution in [1.29, 1.82) is 0 Å². The minimum Gasteiger partial charge on any atom is -0.376 e. The van der Waals surface area contributed by atoms with Crippen LogP contribution >= 0.6 is 0 Å². The number of aromatic nitrogens is 1. The zero-order chi connectivity index (χ0) is 17.3. The summed E-state index contributed by atoms with van der Waals surface area (Å²) >= 11 is 0. The number of hydrogen-bond donors (Lipinski definition) is 0. The molecule has 2 atom stereocenters. The minimum atomic E-state index is 0.172. The number of carbonyl (C=O) groups is 1. The number of rotatable bonds is 4. The lowest BCUT2D eigenvalue weighted by Gasteiger charge is -2.29. The van der Waals surface area contributed by atoms with Gasteiger partial charge in [-0.1, -0.05) is 6.42 Å². The fourth-order valence-electron chi connectivity index (χ4n) is 4.92. The van der Waals surface area contributed by atoms with Crippen molar-refractivity contribution in [1.82, 2.24) is 14.8 Å². The van der Waals surface area contributed by atoms with Gasteiger partial charge in [-0.15, -0.1) is 0 Å². The number of ether oxygens (including phenoxy) is 1. The van der Waals surface area contributed by atoms with Crippen LogP contribution < -0.4 is 0 Å². The Balaban J connectivity index is 1.37. The van der Waals surface area contributed by atoms with E-state index in [1.54, 1.807) is 0 Å². The van der Waals surface area contributed by atoms with Crippen LogP contribution in [0.1, 0.15) is 43.2 Å². The molecule has 3 aliphatic rings. The summed E-state index contributed by atoms with van der Waals surface area (Å²) in [5.41, 5.74) is 2.56. The number of aryl methyl sites for hydroxylation is 1. The van der Waals surface area contributed by atoms with Crippen LogP contribution in [0.15, 0.2) is 18.5 Å². The quantitative estimate of drug-likeness (QED) is 0.843. The molecule has 4 rings (SSSR count). The molecule has 1 saturated carbocycles. The first-order chi connectivity index (χ1) is 12.2. The molecule has 2 amide bonds. The van der Waals surface area contributed by atoms with Gasteiger partial charge in [-0.05, 0) is 55.7 Å². The molecule has 0 N–H and O–H groups in total. The second kappa shape index (κ2) is 6.94. The molecular formula is C20H29N3O2. The molecule has 0 aromatic carbocycles. The highest BCUT2D eigenvalue weighted by Crippen LogP contribution is 2.49. The van der Waals surface area contributed by atoms with Gasteiger partial charge in [-0.2, -0.15) is 0 Å². The Morgan fingerprint density at radius 1 is 1.32 bits per heavy atom. The van der Waals surface area contributed by atoms with E-state index in [-0.39, 0.29) is 11.4 Å². The Morgan fingerprint density at radius 2 is 2.16 bits per heavy atom. The zero-order valence-electron chi connectivity index (χ0n) is 15.2. The summed E-state index contributed by atoms with van der Waals surface area (Å²) in [5.74, 6) is 0.606. The highest BCUT2D eigenvalue weighted by atomic mass is 16.5. The van der Waals surface area contributed by atoms with Crippen molar-refractivity contribution >= 4 is 6.03 Å². The summed E-state index contributed by atoms with van der Waals surface area (Å²) < 4.78 is 6.15. The van der Waals surface area contributed by atoms with Crippen LogP contribution in [-0.4, -0.2) is 53.6 Å². The van der Waals surface area contributed by atoms with Gasteiger partial charge in [0.25, 0.3) is 0 Å². The van der Waals surface area contributed by atoms with E-state index < -0.39 is 0 Å². The van der Waals surface area contributed by atoms with Crippen molar-refractivity contribution in [3.05, 3.63) is 29.6 Å². The first kappa shape index (κ1) is 16.8. The molecule has 1 aliphatic carbocycles. The summed E-state index contributed by atoms with van der Waals surface area (Å²) in [6.45, 7) is 7.14. The van der Waals surface area contributed by atoms with Crippen molar-refractivity contribution in [2.45, 2.75) is 45.6 Å². The summed E-state index contributed by atoms with van der Waals surface area (Å²) in [7, 11) is 0. The van der Waals surface area contributed by atoms with Crippen LogP contribution in [0.25, 0.3) is 0 Å². The fourth-order valence-corrected chi connectivity index (χ4v) is 4.92. The van der Waals surface area contributed by atoms with Crippen molar-refractivity contribution in [3.63, 3.8) is 0 Å². The summed E-state index contributed by atoms with van der Waals surface area (Å²) in [6.07, 6.45) is 9.72. The largest absolute Gasteiger partial charge is 0.376 e.